The van der Waals surface area contributed by atoms with Crippen LogP contribution in [-0.2, 0) is 34.0 Å². The number of aromatic nitrogens is 2. The van der Waals surface area contributed by atoms with Crippen molar-refractivity contribution in [3.8, 4) is 0 Å². The maximum atomic E-state index is 13.6. The fourth-order valence-corrected chi connectivity index (χ4v) is 4.03. The smallest absolute Gasteiger partial charge is 0.380 e. The van der Waals surface area contributed by atoms with Crippen molar-refractivity contribution in [3.05, 3.63) is 65.5 Å². The van der Waals surface area contributed by atoms with Gasteiger partial charge in [0.05, 0.1) is 23.9 Å². The van der Waals surface area contributed by atoms with Gasteiger partial charge in [0.1, 0.15) is 11.6 Å². The Kier molecular flexibility index (Phi) is 6.28. The zero-order chi connectivity index (χ0) is 25.4. The summed E-state index contributed by atoms with van der Waals surface area (Å²) in [5, 5.41) is 8.41. The standard InChI is InChI=1S/C22H21F3N6O3S/c1-31(35(2,33)34)21-13(4-3-7-26-21)11-27-18-10-19(28-12-16(18)22(23,24)25)29-15-5-6-17-14(8-15)9-20(32)30-17/h3-8,10,12H,9,11H2,1-2H3,(H,30,32)(H2,27,28,29). The van der Waals surface area contributed by atoms with Crippen molar-refractivity contribution in [1.82, 2.24) is 9.97 Å². The molecule has 0 unspecified atom stereocenters. The lowest BCUT2D eigenvalue weighted by Crippen LogP contribution is -2.27. The summed E-state index contributed by atoms with van der Waals surface area (Å²) < 4.78 is 65.7. The third kappa shape index (κ3) is 5.45. The molecule has 1 amide bonds. The molecule has 0 saturated heterocycles. The van der Waals surface area contributed by atoms with E-state index < -0.39 is 21.8 Å². The molecule has 4 rings (SSSR count). The van der Waals surface area contributed by atoms with Gasteiger partial charge in [0, 0.05) is 49.0 Å². The van der Waals surface area contributed by atoms with E-state index in [1.165, 1.54) is 19.3 Å². The monoisotopic (exact) mass is 506 g/mol. The molecule has 3 aromatic rings. The van der Waals surface area contributed by atoms with Gasteiger partial charge in [-0.15, -0.1) is 0 Å². The van der Waals surface area contributed by atoms with Crippen LogP contribution in [0.4, 0.5) is 41.9 Å². The number of hydrogen-bond acceptors (Lipinski definition) is 7. The number of halogens is 3. The first kappa shape index (κ1) is 24.3. The summed E-state index contributed by atoms with van der Waals surface area (Å²) in [7, 11) is -2.31. The van der Waals surface area contributed by atoms with Gasteiger partial charge >= 0.3 is 6.18 Å². The number of anilines is 5. The Morgan fingerprint density at radius 2 is 1.94 bits per heavy atom. The Hall–Kier alpha value is -3.87. The van der Waals surface area contributed by atoms with E-state index in [9.17, 15) is 26.4 Å². The molecule has 3 N–H and O–H groups in total. The number of sulfonamides is 1. The normalized spacial score (nSPS) is 13.2. The molecule has 3 heterocycles. The van der Waals surface area contributed by atoms with Crippen molar-refractivity contribution in [2.24, 2.45) is 0 Å². The molecule has 35 heavy (non-hydrogen) atoms. The molecular weight excluding hydrogens is 485 g/mol. The van der Waals surface area contributed by atoms with Crippen LogP contribution in [0.3, 0.4) is 0 Å². The average molecular weight is 507 g/mol. The fraction of sp³-hybridized carbons (Fsp3) is 0.227. The van der Waals surface area contributed by atoms with Gasteiger partial charge in [0.25, 0.3) is 0 Å². The van der Waals surface area contributed by atoms with Gasteiger partial charge in [-0.3, -0.25) is 9.10 Å². The summed E-state index contributed by atoms with van der Waals surface area (Å²) in [5.41, 5.74) is 1.18. The van der Waals surface area contributed by atoms with E-state index in [1.807, 2.05) is 0 Å². The highest BCUT2D eigenvalue weighted by Crippen LogP contribution is 2.36. The number of carbonyl (C=O) groups excluding carboxylic acids is 1. The largest absolute Gasteiger partial charge is 0.419 e. The van der Waals surface area contributed by atoms with Crippen LogP contribution in [0.15, 0.2) is 48.8 Å². The second-order valence-corrected chi connectivity index (χ2v) is 9.92. The zero-order valence-electron chi connectivity index (χ0n) is 18.6. The van der Waals surface area contributed by atoms with Crippen LogP contribution in [0.1, 0.15) is 16.7 Å². The second kappa shape index (κ2) is 9.06. The van der Waals surface area contributed by atoms with Crippen LogP contribution in [0.5, 0.6) is 0 Å². The average Bonchev–Trinajstić information content (AvgIpc) is 3.15. The predicted octanol–water partition coefficient (Wildman–Crippen LogP) is 3.74. The Labute approximate surface area is 199 Å². The molecule has 0 saturated carbocycles. The van der Waals surface area contributed by atoms with E-state index in [2.05, 4.69) is 25.9 Å². The summed E-state index contributed by atoms with van der Waals surface area (Å²) in [6, 6.07) is 9.46. The highest BCUT2D eigenvalue weighted by molar-refractivity contribution is 7.92. The minimum absolute atomic E-state index is 0.102. The number of fused-ring (bicyclic) bond motifs is 1. The summed E-state index contributed by atoms with van der Waals surface area (Å²) in [6.07, 6.45) is -1.33. The highest BCUT2D eigenvalue weighted by Gasteiger charge is 2.34. The maximum absolute atomic E-state index is 13.6. The third-order valence-electron chi connectivity index (χ3n) is 5.34. The molecule has 9 nitrogen and oxygen atoms in total. The number of hydrogen-bond donors (Lipinski definition) is 3. The van der Waals surface area contributed by atoms with E-state index in [4.69, 9.17) is 0 Å². The van der Waals surface area contributed by atoms with Gasteiger partial charge in [-0.25, -0.2) is 18.4 Å². The van der Waals surface area contributed by atoms with Crippen molar-refractivity contribution < 1.29 is 26.4 Å². The second-order valence-electron chi connectivity index (χ2n) is 7.90. The van der Waals surface area contributed by atoms with Crippen molar-refractivity contribution >= 4 is 44.6 Å². The molecule has 0 spiro atoms. The van der Waals surface area contributed by atoms with Crippen LogP contribution in [0.25, 0.3) is 0 Å². The lowest BCUT2D eigenvalue weighted by Gasteiger charge is -2.20. The molecule has 2 aromatic heterocycles. The Balaban J connectivity index is 1.61. The molecule has 1 aliphatic heterocycles. The van der Waals surface area contributed by atoms with E-state index in [0.717, 1.165) is 22.3 Å². The minimum atomic E-state index is -4.67. The molecule has 1 aromatic carbocycles. The van der Waals surface area contributed by atoms with Gasteiger partial charge in [0.2, 0.25) is 15.9 Å². The van der Waals surface area contributed by atoms with E-state index in [-0.39, 0.29) is 36.2 Å². The predicted molar refractivity (Wildman–Crippen MR) is 126 cm³/mol. The van der Waals surface area contributed by atoms with Gasteiger partial charge < -0.3 is 16.0 Å². The van der Waals surface area contributed by atoms with Crippen molar-refractivity contribution in [2.45, 2.75) is 19.1 Å². The Morgan fingerprint density at radius 3 is 2.66 bits per heavy atom. The van der Waals surface area contributed by atoms with E-state index in [0.29, 0.717) is 16.9 Å². The zero-order valence-corrected chi connectivity index (χ0v) is 19.5. The van der Waals surface area contributed by atoms with E-state index in [1.54, 1.807) is 30.3 Å². The number of benzene rings is 1. The number of nitrogens with zero attached hydrogens (tertiary/aromatic N) is 3. The van der Waals surface area contributed by atoms with Crippen LogP contribution >= 0.6 is 0 Å². The highest BCUT2D eigenvalue weighted by atomic mass is 32.2. The molecule has 0 atom stereocenters. The minimum Gasteiger partial charge on any atom is -0.380 e. The summed E-state index contributed by atoms with van der Waals surface area (Å²) in [5.74, 6) is 0.120. The Bertz CT molecular complexity index is 1400. The molecule has 13 heteroatoms. The van der Waals surface area contributed by atoms with Crippen molar-refractivity contribution in [2.75, 3.05) is 33.6 Å². The topological polar surface area (TPSA) is 116 Å². The fourth-order valence-electron chi connectivity index (χ4n) is 3.55. The van der Waals surface area contributed by atoms with Gasteiger partial charge in [-0.1, -0.05) is 6.07 Å². The molecule has 0 aliphatic carbocycles. The first-order chi connectivity index (χ1) is 16.4. The van der Waals surface area contributed by atoms with Gasteiger partial charge in [-0.2, -0.15) is 13.2 Å². The SMILES string of the molecule is CN(c1ncccc1CNc1cc(Nc2ccc3c(c2)CC(=O)N3)ncc1C(F)(F)F)S(C)(=O)=O. The van der Waals surface area contributed by atoms with Crippen molar-refractivity contribution in [1.29, 1.82) is 0 Å². The maximum Gasteiger partial charge on any atom is 0.419 e. The van der Waals surface area contributed by atoms with Gasteiger partial charge in [-0.05, 0) is 29.8 Å². The Morgan fingerprint density at radius 1 is 1.17 bits per heavy atom. The lowest BCUT2D eigenvalue weighted by atomic mass is 10.1. The van der Waals surface area contributed by atoms with Crippen LogP contribution < -0.4 is 20.3 Å². The molecular formula is C22H21F3N6O3S. The first-order valence-electron chi connectivity index (χ1n) is 10.3. The molecule has 0 fully saturated rings. The molecule has 184 valence electrons. The van der Waals surface area contributed by atoms with E-state index >= 15 is 0 Å². The van der Waals surface area contributed by atoms with Crippen molar-refractivity contribution in [3.63, 3.8) is 0 Å². The van der Waals surface area contributed by atoms with Crippen LogP contribution in [-0.4, -0.2) is 37.6 Å². The molecule has 0 bridgehead atoms. The number of pyridine rings is 2. The molecule has 0 radical (unpaired) electrons. The number of carbonyl (C=O) groups is 1. The molecule has 1 aliphatic rings. The number of nitrogens with one attached hydrogen (secondary N) is 3. The third-order valence-corrected chi connectivity index (χ3v) is 6.51. The summed E-state index contributed by atoms with van der Waals surface area (Å²) in [4.78, 5) is 19.5. The number of rotatable bonds is 7. The van der Waals surface area contributed by atoms with Gasteiger partial charge in [0.15, 0.2) is 0 Å². The quantitative estimate of drug-likeness (QED) is 0.447. The summed E-state index contributed by atoms with van der Waals surface area (Å²) >= 11 is 0. The number of amides is 1. The first-order valence-corrected chi connectivity index (χ1v) is 12.2. The van der Waals surface area contributed by atoms with Crippen LogP contribution in [0, 0.1) is 0 Å². The summed E-state index contributed by atoms with van der Waals surface area (Å²) in [6.45, 7) is -0.123. The van der Waals surface area contributed by atoms with Crippen LogP contribution in [0.2, 0.25) is 0 Å². The number of alkyl halides is 3. The lowest BCUT2D eigenvalue weighted by molar-refractivity contribution is -0.137.